The molecular formula is C20H19ClF2N4O. The third-order valence-corrected chi connectivity index (χ3v) is 5.05. The van der Waals surface area contributed by atoms with Crippen molar-refractivity contribution in [3.05, 3.63) is 70.9 Å². The number of aryl methyl sites for hydroxylation is 1. The molecule has 2 aliphatic rings. The summed E-state index contributed by atoms with van der Waals surface area (Å²) in [6, 6.07) is 9.04. The van der Waals surface area contributed by atoms with Crippen LogP contribution in [0, 0.1) is 6.92 Å². The number of pyridine rings is 1. The van der Waals surface area contributed by atoms with E-state index in [9.17, 15) is 8.78 Å². The monoisotopic (exact) mass is 404 g/mol. The summed E-state index contributed by atoms with van der Waals surface area (Å²) >= 11 is 5.99. The zero-order valence-corrected chi connectivity index (χ0v) is 16.1. The Morgan fingerprint density at radius 3 is 2.86 bits per heavy atom. The Hall–Kier alpha value is -2.80. The van der Waals surface area contributed by atoms with Crippen LogP contribution in [0.5, 0.6) is 5.75 Å². The van der Waals surface area contributed by atoms with E-state index in [0.717, 1.165) is 28.2 Å². The Morgan fingerprint density at radius 1 is 1.29 bits per heavy atom. The molecular weight excluding hydrogens is 386 g/mol. The molecule has 2 aliphatic heterocycles. The van der Waals surface area contributed by atoms with Crippen molar-refractivity contribution < 1.29 is 13.5 Å². The minimum Gasteiger partial charge on any atom is -0.433 e. The number of allylic oxidation sites excluding steroid dienone is 1. The van der Waals surface area contributed by atoms with E-state index in [0.29, 0.717) is 6.54 Å². The molecule has 0 fully saturated rings. The topological polar surface area (TPSA) is 40.6 Å². The highest BCUT2D eigenvalue weighted by molar-refractivity contribution is 6.32. The molecule has 0 radical (unpaired) electrons. The highest BCUT2D eigenvalue weighted by Crippen LogP contribution is 2.37. The highest BCUT2D eigenvalue weighted by Gasteiger charge is 2.31. The number of halogens is 3. The van der Waals surface area contributed by atoms with Crippen molar-refractivity contribution >= 4 is 22.9 Å². The van der Waals surface area contributed by atoms with Gasteiger partial charge < -0.3 is 15.1 Å². The van der Waals surface area contributed by atoms with Gasteiger partial charge in [-0.05, 0) is 43.7 Å². The average molecular weight is 405 g/mol. The van der Waals surface area contributed by atoms with Crippen molar-refractivity contribution in [3.63, 3.8) is 0 Å². The van der Waals surface area contributed by atoms with Crippen molar-refractivity contribution in [2.75, 3.05) is 11.4 Å². The van der Waals surface area contributed by atoms with Gasteiger partial charge in [-0.15, -0.1) is 0 Å². The van der Waals surface area contributed by atoms with E-state index >= 15 is 0 Å². The summed E-state index contributed by atoms with van der Waals surface area (Å²) in [7, 11) is 0. The second-order valence-corrected chi connectivity index (χ2v) is 7.16. The molecule has 0 bridgehead atoms. The van der Waals surface area contributed by atoms with Crippen molar-refractivity contribution in [1.29, 1.82) is 0 Å². The fraction of sp³-hybridized carbons (Fsp3) is 0.250. The number of hydrogen-bond donors (Lipinski definition) is 1. The van der Waals surface area contributed by atoms with Gasteiger partial charge in [0, 0.05) is 48.2 Å². The number of rotatable bonds is 4. The molecule has 0 spiro atoms. The first kappa shape index (κ1) is 18.6. The number of benzene rings is 1. The lowest BCUT2D eigenvalue weighted by molar-refractivity contribution is -0.0497. The number of alkyl halides is 2. The van der Waals surface area contributed by atoms with Gasteiger partial charge in [0.15, 0.2) is 0 Å². The summed E-state index contributed by atoms with van der Waals surface area (Å²) in [5.74, 6) is -0.0345. The van der Waals surface area contributed by atoms with E-state index in [2.05, 4.69) is 27.1 Å². The van der Waals surface area contributed by atoms with Crippen LogP contribution in [0.2, 0.25) is 5.02 Å². The normalized spacial score (nSPS) is 18.6. The minimum atomic E-state index is -2.93. The predicted octanol–water partition coefficient (Wildman–Crippen LogP) is 4.56. The summed E-state index contributed by atoms with van der Waals surface area (Å²) in [5, 5.41) is 2.24. The molecule has 5 nitrogen and oxygen atoms in total. The van der Waals surface area contributed by atoms with Crippen LogP contribution in [0.4, 0.5) is 14.5 Å². The molecule has 0 aliphatic carbocycles. The number of fused-ring (bicyclic) bond motifs is 1. The SMILES string of the molecule is Cc1cc(C2=CNN3C2=CN(c2ccc(Cl)c(OC(F)F)c2)C[C@@H]3C)ccn1. The molecule has 1 aromatic carbocycles. The predicted molar refractivity (Wildman–Crippen MR) is 105 cm³/mol. The number of nitrogens with one attached hydrogen (secondary N) is 1. The van der Waals surface area contributed by atoms with Gasteiger partial charge in [-0.25, -0.2) is 0 Å². The van der Waals surface area contributed by atoms with Crippen molar-refractivity contribution in [2.45, 2.75) is 26.5 Å². The minimum absolute atomic E-state index is 0.0345. The quantitative estimate of drug-likeness (QED) is 0.809. The number of aromatic nitrogens is 1. The van der Waals surface area contributed by atoms with Crippen LogP contribution in [0.1, 0.15) is 18.2 Å². The summed E-state index contributed by atoms with van der Waals surface area (Å²) in [5.41, 5.74) is 8.07. The van der Waals surface area contributed by atoms with E-state index in [1.54, 1.807) is 18.3 Å². The molecule has 4 rings (SSSR count). The Labute approximate surface area is 166 Å². The Kier molecular flexibility index (Phi) is 4.85. The van der Waals surface area contributed by atoms with Crippen molar-refractivity contribution in [2.24, 2.45) is 0 Å². The number of hydrazine groups is 1. The second-order valence-electron chi connectivity index (χ2n) is 6.75. The maximum atomic E-state index is 12.7. The first-order valence-corrected chi connectivity index (χ1v) is 9.22. The van der Waals surface area contributed by atoms with Crippen molar-refractivity contribution in [3.8, 4) is 5.75 Å². The van der Waals surface area contributed by atoms with Gasteiger partial charge in [0.2, 0.25) is 0 Å². The molecule has 3 heterocycles. The highest BCUT2D eigenvalue weighted by atomic mass is 35.5. The lowest BCUT2D eigenvalue weighted by Gasteiger charge is -2.38. The van der Waals surface area contributed by atoms with Crippen molar-refractivity contribution in [1.82, 2.24) is 15.4 Å². The molecule has 2 aromatic rings. The summed E-state index contributed by atoms with van der Waals surface area (Å²) in [6.45, 7) is 1.79. The zero-order chi connectivity index (χ0) is 19.8. The molecule has 0 amide bonds. The van der Waals surface area contributed by atoms with E-state index in [1.807, 2.05) is 36.4 Å². The summed E-state index contributed by atoms with van der Waals surface area (Å²) < 4.78 is 29.8. The molecule has 0 saturated carbocycles. The molecule has 1 aromatic heterocycles. The molecule has 1 N–H and O–H groups in total. The van der Waals surface area contributed by atoms with Gasteiger partial charge in [-0.2, -0.15) is 8.78 Å². The molecule has 1 atom stereocenters. The zero-order valence-electron chi connectivity index (χ0n) is 15.4. The van der Waals surface area contributed by atoms with Crippen LogP contribution in [-0.2, 0) is 0 Å². The average Bonchev–Trinajstić information content (AvgIpc) is 3.08. The van der Waals surface area contributed by atoms with Crippen LogP contribution in [0.25, 0.3) is 5.57 Å². The third-order valence-electron chi connectivity index (χ3n) is 4.73. The van der Waals surface area contributed by atoms with Crippen LogP contribution in [-0.4, -0.2) is 29.2 Å². The number of nitrogens with zero attached hydrogens (tertiary/aromatic N) is 3. The van der Waals surface area contributed by atoms with Gasteiger partial charge in [-0.1, -0.05) is 11.6 Å². The molecule has 28 heavy (non-hydrogen) atoms. The van der Waals surface area contributed by atoms with Gasteiger partial charge in [0.1, 0.15) is 5.75 Å². The Morgan fingerprint density at radius 2 is 2.11 bits per heavy atom. The molecule has 0 unspecified atom stereocenters. The van der Waals surface area contributed by atoms with Gasteiger partial charge in [0.05, 0.1) is 16.8 Å². The van der Waals surface area contributed by atoms with Crippen LogP contribution >= 0.6 is 11.6 Å². The summed E-state index contributed by atoms with van der Waals surface area (Å²) in [6.07, 6.45) is 5.75. The first-order valence-electron chi connectivity index (χ1n) is 8.84. The van der Waals surface area contributed by atoms with Crippen LogP contribution in [0.15, 0.2) is 54.6 Å². The Balaban J connectivity index is 1.69. The first-order chi connectivity index (χ1) is 13.4. The van der Waals surface area contributed by atoms with E-state index in [4.69, 9.17) is 11.6 Å². The molecule has 8 heteroatoms. The maximum Gasteiger partial charge on any atom is 0.387 e. The number of anilines is 1. The molecule has 146 valence electrons. The lowest BCUT2D eigenvalue weighted by Crippen LogP contribution is -2.47. The summed E-state index contributed by atoms with van der Waals surface area (Å²) in [4.78, 5) is 6.27. The lowest BCUT2D eigenvalue weighted by atomic mass is 10.0. The molecule has 0 saturated heterocycles. The van der Waals surface area contributed by atoms with E-state index in [-0.39, 0.29) is 16.8 Å². The van der Waals surface area contributed by atoms with Gasteiger partial charge in [0.25, 0.3) is 0 Å². The van der Waals surface area contributed by atoms with E-state index in [1.165, 1.54) is 6.07 Å². The van der Waals surface area contributed by atoms with Gasteiger partial charge in [-0.3, -0.25) is 9.99 Å². The third kappa shape index (κ3) is 3.49. The second kappa shape index (κ2) is 7.31. The fourth-order valence-corrected chi connectivity index (χ4v) is 3.61. The maximum absolute atomic E-state index is 12.7. The number of ether oxygens (including phenoxy) is 1. The fourth-order valence-electron chi connectivity index (χ4n) is 3.45. The van der Waals surface area contributed by atoms with Crippen LogP contribution in [0.3, 0.4) is 0 Å². The Bertz CT molecular complexity index is 963. The number of hydrogen-bond acceptors (Lipinski definition) is 5. The largest absolute Gasteiger partial charge is 0.433 e. The van der Waals surface area contributed by atoms with E-state index < -0.39 is 6.61 Å². The van der Waals surface area contributed by atoms with Crippen LogP contribution < -0.4 is 15.1 Å². The standard InChI is InChI=1S/C20H19ClF2N4O/c1-12-7-14(5-6-24-12)16-9-25-27-13(2)10-26(11-18(16)27)15-3-4-17(21)19(8-15)28-20(22)23/h3-9,11,13,20,25H,10H2,1-2H3/t13-/m0/s1. The van der Waals surface area contributed by atoms with Gasteiger partial charge >= 0.3 is 6.61 Å². The smallest absolute Gasteiger partial charge is 0.387 e.